The van der Waals surface area contributed by atoms with Crippen LogP contribution in [0.15, 0.2) is 42.5 Å². The van der Waals surface area contributed by atoms with Crippen molar-refractivity contribution in [1.82, 2.24) is 9.78 Å². The van der Waals surface area contributed by atoms with Crippen LogP contribution in [0, 0.1) is 5.82 Å². The van der Waals surface area contributed by atoms with Crippen molar-refractivity contribution in [1.29, 1.82) is 0 Å². The van der Waals surface area contributed by atoms with Crippen molar-refractivity contribution in [3.63, 3.8) is 0 Å². The van der Waals surface area contributed by atoms with Crippen LogP contribution < -0.4 is 14.8 Å². The molecule has 1 aliphatic rings. The van der Waals surface area contributed by atoms with Crippen LogP contribution in [0.5, 0.6) is 11.5 Å². The van der Waals surface area contributed by atoms with E-state index in [-0.39, 0.29) is 11.7 Å². The average Bonchev–Trinajstić information content (AvgIpc) is 3.34. The molecular formula is C23H24FN3O3. The van der Waals surface area contributed by atoms with Crippen LogP contribution in [0.2, 0.25) is 0 Å². The van der Waals surface area contributed by atoms with Crippen molar-refractivity contribution < 1.29 is 18.7 Å². The third kappa shape index (κ3) is 3.87. The summed E-state index contributed by atoms with van der Waals surface area (Å²) in [4.78, 5) is 13.2. The molecule has 1 amide bonds. The Morgan fingerprint density at radius 1 is 1.10 bits per heavy atom. The van der Waals surface area contributed by atoms with Gasteiger partial charge in [-0.15, -0.1) is 0 Å². The van der Waals surface area contributed by atoms with Crippen LogP contribution in [0.1, 0.15) is 42.0 Å². The van der Waals surface area contributed by atoms with Gasteiger partial charge in [-0.05, 0) is 69.5 Å². The summed E-state index contributed by atoms with van der Waals surface area (Å²) in [5.74, 6) is 0.615. The van der Waals surface area contributed by atoms with Gasteiger partial charge in [-0.3, -0.25) is 4.79 Å². The monoisotopic (exact) mass is 409 g/mol. The number of fused-ring (bicyclic) bond motifs is 1. The fraction of sp³-hybridized carbons (Fsp3) is 0.304. The fourth-order valence-electron chi connectivity index (χ4n) is 3.74. The summed E-state index contributed by atoms with van der Waals surface area (Å²) in [5.41, 5.74) is 3.60. The molecule has 0 radical (unpaired) electrons. The van der Waals surface area contributed by atoms with Crippen molar-refractivity contribution >= 4 is 11.6 Å². The van der Waals surface area contributed by atoms with Crippen LogP contribution in [-0.4, -0.2) is 28.9 Å². The number of rotatable bonds is 7. The first-order valence-corrected chi connectivity index (χ1v) is 10.2. The zero-order chi connectivity index (χ0) is 21.1. The molecule has 30 heavy (non-hydrogen) atoms. The maximum atomic E-state index is 13.3. The second-order valence-corrected chi connectivity index (χ2v) is 6.99. The molecule has 1 aromatic heterocycles. The van der Waals surface area contributed by atoms with E-state index in [1.54, 1.807) is 28.9 Å². The zero-order valence-corrected chi connectivity index (χ0v) is 17.1. The molecule has 0 aliphatic heterocycles. The molecular weight excluding hydrogens is 385 g/mol. The largest absolute Gasteiger partial charge is 0.494 e. The van der Waals surface area contributed by atoms with Crippen molar-refractivity contribution in [2.24, 2.45) is 0 Å². The molecule has 0 bridgehead atoms. The topological polar surface area (TPSA) is 65.4 Å². The number of carbonyl (C=O) groups excluding carboxylic acids is 1. The highest BCUT2D eigenvalue weighted by atomic mass is 19.1. The van der Waals surface area contributed by atoms with Crippen molar-refractivity contribution in [2.75, 3.05) is 18.5 Å². The fourth-order valence-corrected chi connectivity index (χ4v) is 3.74. The normalized spacial score (nSPS) is 12.5. The number of nitrogens with one attached hydrogen (secondary N) is 1. The van der Waals surface area contributed by atoms with Gasteiger partial charge in [0.2, 0.25) is 0 Å². The molecule has 1 heterocycles. The van der Waals surface area contributed by atoms with Gasteiger partial charge in [-0.25, -0.2) is 9.07 Å². The molecule has 6 nitrogen and oxygen atoms in total. The van der Waals surface area contributed by atoms with Gasteiger partial charge in [0.1, 0.15) is 17.3 Å². The quantitative estimate of drug-likeness (QED) is 0.622. The molecule has 0 unspecified atom stereocenters. The Morgan fingerprint density at radius 3 is 2.60 bits per heavy atom. The number of anilines is 1. The SMILES string of the molecule is CCOc1ccc(OCC)c(NC(=O)c2nn(-c3ccc(F)cc3)c3c2CCC3)c1. The standard InChI is InChI=1S/C23H24FN3O3/c1-3-29-17-12-13-21(30-4-2)19(14-17)25-23(28)22-18-6-5-7-20(18)27(26-22)16-10-8-15(24)9-11-16/h8-14H,3-7H2,1-2H3,(H,25,28). The Hall–Kier alpha value is -3.35. The molecule has 1 N–H and O–H groups in total. The molecule has 0 saturated carbocycles. The third-order valence-electron chi connectivity index (χ3n) is 5.03. The third-order valence-corrected chi connectivity index (χ3v) is 5.03. The van der Waals surface area contributed by atoms with Crippen LogP contribution in [0.4, 0.5) is 10.1 Å². The van der Waals surface area contributed by atoms with Gasteiger partial charge >= 0.3 is 0 Å². The average molecular weight is 409 g/mol. The van der Waals surface area contributed by atoms with Crippen LogP contribution in [-0.2, 0) is 12.8 Å². The Balaban J connectivity index is 1.67. The van der Waals surface area contributed by atoms with E-state index in [4.69, 9.17) is 9.47 Å². The zero-order valence-electron chi connectivity index (χ0n) is 17.1. The number of aromatic nitrogens is 2. The lowest BCUT2D eigenvalue weighted by molar-refractivity contribution is 0.102. The predicted octanol–water partition coefficient (Wildman–Crippen LogP) is 4.55. The minimum Gasteiger partial charge on any atom is -0.494 e. The van der Waals surface area contributed by atoms with Gasteiger partial charge in [0.15, 0.2) is 5.69 Å². The first-order valence-electron chi connectivity index (χ1n) is 10.2. The summed E-state index contributed by atoms with van der Waals surface area (Å²) in [6, 6.07) is 11.5. The van der Waals surface area contributed by atoms with E-state index >= 15 is 0 Å². The number of amides is 1. The number of hydrogen-bond acceptors (Lipinski definition) is 4. The van der Waals surface area contributed by atoms with Crippen molar-refractivity contribution in [2.45, 2.75) is 33.1 Å². The minimum atomic E-state index is -0.307. The number of hydrogen-bond donors (Lipinski definition) is 1. The molecule has 0 saturated heterocycles. The Bertz CT molecular complexity index is 1060. The molecule has 156 valence electrons. The van der Waals surface area contributed by atoms with E-state index in [1.807, 2.05) is 19.9 Å². The van der Waals surface area contributed by atoms with Gasteiger partial charge in [-0.1, -0.05) is 0 Å². The number of nitrogens with zero attached hydrogens (tertiary/aromatic N) is 2. The van der Waals surface area contributed by atoms with Crippen LogP contribution >= 0.6 is 0 Å². The summed E-state index contributed by atoms with van der Waals surface area (Å²) in [6.45, 7) is 4.79. The van der Waals surface area contributed by atoms with Crippen molar-refractivity contribution in [3.8, 4) is 17.2 Å². The van der Waals surface area contributed by atoms with E-state index < -0.39 is 0 Å². The summed E-state index contributed by atoms with van der Waals surface area (Å²) < 4.78 is 26.3. The van der Waals surface area contributed by atoms with E-state index in [9.17, 15) is 9.18 Å². The van der Waals surface area contributed by atoms with Gasteiger partial charge < -0.3 is 14.8 Å². The summed E-state index contributed by atoms with van der Waals surface area (Å²) >= 11 is 0. The minimum absolute atomic E-state index is 0.302. The highest BCUT2D eigenvalue weighted by Crippen LogP contribution is 2.32. The number of carbonyl (C=O) groups is 1. The Kier molecular flexibility index (Phi) is 5.70. The first kappa shape index (κ1) is 19.9. The predicted molar refractivity (Wildman–Crippen MR) is 112 cm³/mol. The molecule has 7 heteroatoms. The van der Waals surface area contributed by atoms with E-state index in [2.05, 4.69) is 10.4 Å². The molecule has 0 fully saturated rings. The van der Waals surface area contributed by atoms with Crippen molar-refractivity contribution in [3.05, 3.63) is 65.2 Å². The Morgan fingerprint density at radius 2 is 1.87 bits per heavy atom. The smallest absolute Gasteiger partial charge is 0.276 e. The highest BCUT2D eigenvalue weighted by molar-refractivity contribution is 6.05. The second-order valence-electron chi connectivity index (χ2n) is 6.99. The molecule has 2 aromatic carbocycles. The maximum absolute atomic E-state index is 13.3. The van der Waals surface area contributed by atoms with E-state index in [0.29, 0.717) is 36.1 Å². The molecule has 0 spiro atoms. The highest BCUT2D eigenvalue weighted by Gasteiger charge is 2.27. The molecule has 3 aromatic rings. The van der Waals surface area contributed by atoms with Crippen LogP contribution in [0.25, 0.3) is 5.69 Å². The lowest BCUT2D eigenvalue weighted by Crippen LogP contribution is -2.16. The van der Waals surface area contributed by atoms with Gasteiger partial charge in [-0.2, -0.15) is 5.10 Å². The summed E-state index contributed by atoms with van der Waals surface area (Å²) in [6.07, 6.45) is 2.58. The van der Waals surface area contributed by atoms with Gasteiger partial charge in [0.05, 0.1) is 24.6 Å². The first-order chi connectivity index (χ1) is 14.6. The second kappa shape index (κ2) is 8.57. The summed E-state index contributed by atoms with van der Waals surface area (Å²) in [7, 11) is 0. The molecule has 0 atom stereocenters. The van der Waals surface area contributed by atoms with Gasteiger partial charge in [0, 0.05) is 17.3 Å². The lowest BCUT2D eigenvalue weighted by Gasteiger charge is -2.13. The lowest BCUT2D eigenvalue weighted by atomic mass is 10.2. The molecule has 1 aliphatic carbocycles. The van der Waals surface area contributed by atoms with Crippen LogP contribution in [0.3, 0.4) is 0 Å². The maximum Gasteiger partial charge on any atom is 0.276 e. The number of halogens is 1. The van der Waals surface area contributed by atoms with Gasteiger partial charge in [0.25, 0.3) is 5.91 Å². The molecule has 4 rings (SSSR count). The number of ether oxygens (including phenoxy) is 2. The summed E-state index contributed by atoms with van der Waals surface area (Å²) in [5, 5.41) is 7.51. The number of benzene rings is 2. The van der Waals surface area contributed by atoms with E-state index in [0.717, 1.165) is 36.2 Å². The van der Waals surface area contributed by atoms with E-state index in [1.165, 1.54) is 12.1 Å². The Labute approximate surface area is 174 Å².